The number of hydrogen-bond acceptors (Lipinski definition) is 7. The van der Waals surface area contributed by atoms with E-state index < -0.39 is 41.2 Å². The molecule has 0 aromatic heterocycles. The Bertz CT molecular complexity index is 1160. The first-order chi connectivity index (χ1) is 16.7. The molecule has 2 heterocycles. The Hall–Kier alpha value is -3.59. The first-order valence-electron chi connectivity index (χ1n) is 11.4. The van der Waals surface area contributed by atoms with Crippen molar-refractivity contribution in [1.82, 2.24) is 5.32 Å². The smallest absolute Gasteiger partial charge is 0.324 e. The molecule has 2 fully saturated rings. The Labute approximate surface area is 204 Å². The summed E-state index contributed by atoms with van der Waals surface area (Å²) in [4.78, 5) is 41.6. The number of fused-ring (bicyclic) bond motifs is 1. The molecule has 0 bridgehead atoms. The van der Waals surface area contributed by atoms with E-state index in [0.29, 0.717) is 28.5 Å². The molecule has 0 aliphatic carbocycles. The van der Waals surface area contributed by atoms with Crippen LogP contribution in [0.1, 0.15) is 31.9 Å². The van der Waals surface area contributed by atoms with Crippen molar-refractivity contribution in [2.75, 3.05) is 26.2 Å². The summed E-state index contributed by atoms with van der Waals surface area (Å²) in [5, 5.41) is 13.7. The molecule has 186 valence electrons. The summed E-state index contributed by atoms with van der Waals surface area (Å²) in [6.07, 6.45) is 0.173. The maximum atomic E-state index is 13.9. The standard InChI is InChI=1S/C26H30N2O7/c1-14(2)13-26(25(31)32)21-20(22(27-26)15-10-11-18(34-4)19(12-15)35-5)23(29)28(24(21)30)16-8-6-7-9-17(16)33-3/h6-12,14,20-22,27H,13H2,1-5H3,(H,31,32). The van der Waals surface area contributed by atoms with Crippen molar-refractivity contribution in [2.45, 2.75) is 31.8 Å². The van der Waals surface area contributed by atoms with Crippen LogP contribution in [0.25, 0.3) is 0 Å². The summed E-state index contributed by atoms with van der Waals surface area (Å²) in [6, 6.07) is 11.2. The molecule has 2 amide bonds. The molecule has 0 saturated carbocycles. The maximum Gasteiger partial charge on any atom is 0.324 e. The number of carboxylic acids is 1. The quantitative estimate of drug-likeness (QED) is 0.552. The molecule has 2 aromatic carbocycles. The Morgan fingerprint density at radius 2 is 1.66 bits per heavy atom. The third-order valence-corrected chi connectivity index (χ3v) is 6.86. The van der Waals surface area contributed by atoms with Crippen molar-refractivity contribution in [3.8, 4) is 17.2 Å². The summed E-state index contributed by atoms with van der Waals surface area (Å²) in [5.74, 6) is -2.96. The zero-order valence-electron chi connectivity index (χ0n) is 20.4. The number of nitrogens with zero attached hydrogens (tertiary/aromatic N) is 1. The van der Waals surface area contributed by atoms with Gasteiger partial charge in [0.1, 0.15) is 11.3 Å². The van der Waals surface area contributed by atoms with Crippen LogP contribution in [0, 0.1) is 17.8 Å². The van der Waals surface area contributed by atoms with Crippen LogP contribution in [0.3, 0.4) is 0 Å². The summed E-state index contributed by atoms with van der Waals surface area (Å²) in [5.41, 5.74) is -0.693. The van der Waals surface area contributed by atoms with Crippen LogP contribution < -0.4 is 24.4 Å². The lowest BCUT2D eigenvalue weighted by Crippen LogP contribution is -2.56. The fourth-order valence-electron chi connectivity index (χ4n) is 5.50. The van der Waals surface area contributed by atoms with Gasteiger partial charge in [-0.05, 0) is 42.2 Å². The fourth-order valence-corrected chi connectivity index (χ4v) is 5.50. The van der Waals surface area contributed by atoms with E-state index >= 15 is 0 Å². The molecule has 2 aliphatic heterocycles. The number of hydrogen-bond donors (Lipinski definition) is 2. The van der Waals surface area contributed by atoms with Crippen LogP contribution in [0.5, 0.6) is 17.2 Å². The van der Waals surface area contributed by atoms with E-state index in [2.05, 4.69) is 5.32 Å². The van der Waals surface area contributed by atoms with E-state index in [1.807, 2.05) is 13.8 Å². The molecule has 0 spiro atoms. The van der Waals surface area contributed by atoms with Gasteiger partial charge in [0.25, 0.3) is 0 Å². The van der Waals surface area contributed by atoms with Crippen LogP contribution >= 0.6 is 0 Å². The van der Waals surface area contributed by atoms with Crippen LogP contribution in [-0.4, -0.2) is 49.8 Å². The number of benzene rings is 2. The first-order valence-corrected chi connectivity index (χ1v) is 11.4. The minimum Gasteiger partial charge on any atom is -0.495 e. The van der Waals surface area contributed by atoms with Crippen molar-refractivity contribution in [3.63, 3.8) is 0 Å². The van der Waals surface area contributed by atoms with Crippen LogP contribution in [0.15, 0.2) is 42.5 Å². The minimum atomic E-state index is -1.62. The lowest BCUT2D eigenvalue weighted by atomic mass is 9.75. The van der Waals surface area contributed by atoms with E-state index in [1.165, 1.54) is 21.3 Å². The Kier molecular flexibility index (Phi) is 6.46. The Morgan fingerprint density at radius 1 is 1.00 bits per heavy atom. The highest BCUT2D eigenvalue weighted by Crippen LogP contribution is 2.53. The molecular weight excluding hydrogens is 452 g/mol. The number of aliphatic carboxylic acids is 1. The largest absolute Gasteiger partial charge is 0.495 e. The van der Waals surface area contributed by atoms with Gasteiger partial charge in [-0.25, -0.2) is 4.90 Å². The lowest BCUT2D eigenvalue weighted by Gasteiger charge is -2.32. The van der Waals surface area contributed by atoms with Crippen molar-refractivity contribution < 1.29 is 33.7 Å². The number of imide groups is 1. The summed E-state index contributed by atoms with van der Waals surface area (Å²) >= 11 is 0. The summed E-state index contributed by atoms with van der Waals surface area (Å²) in [7, 11) is 4.48. The van der Waals surface area contributed by atoms with Crippen LogP contribution in [0.4, 0.5) is 5.69 Å². The number of carbonyl (C=O) groups excluding carboxylic acids is 2. The van der Waals surface area contributed by atoms with E-state index in [4.69, 9.17) is 14.2 Å². The topological polar surface area (TPSA) is 114 Å². The minimum absolute atomic E-state index is 0.0494. The number of carboxylic acid groups (broad SMARTS) is 1. The van der Waals surface area contributed by atoms with Crippen molar-refractivity contribution in [1.29, 1.82) is 0 Å². The van der Waals surface area contributed by atoms with E-state index in [1.54, 1.807) is 42.5 Å². The average Bonchev–Trinajstić information content (AvgIpc) is 3.32. The van der Waals surface area contributed by atoms with Gasteiger partial charge in [0.15, 0.2) is 11.5 Å². The maximum absolute atomic E-state index is 13.9. The summed E-state index contributed by atoms with van der Waals surface area (Å²) in [6.45, 7) is 3.79. The van der Waals surface area contributed by atoms with Crippen LogP contribution in [0.2, 0.25) is 0 Å². The molecule has 4 rings (SSSR count). The predicted molar refractivity (Wildman–Crippen MR) is 128 cm³/mol. The number of anilines is 1. The molecule has 0 radical (unpaired) electrons. The zero-order chi connectivity index (χ0) is 25.5. The van der Waals surface area contributed by atoms with Crippen LogP contribution in [-0.2, 0) is 14.4 Å². The Balaban J connectivity index is 1.89. The molecule has 9 heteroatoms. The van der Waals surface area contributed by atoms with Gasteiger partial charge in [-0.1, -0.05) is 32.0 Å². The second-order valence-corrected chi connectivity index (χ2v) is 9.30. The predicted octanol–water partition coefficient (Wildman–Crippen LogP) is 3.03. The number of para-hydroxylation sites is 2. The van der Waals surface area contributed by atoms with Gasteiger partial charge in [0.05, 0.1) is 38.9 Å². The molecule has 2 saturated heterocycles. The second-order valence-electron chi connectivity index (χ2n) is 9.30. The third-order valence-electron chi connectivity index (χ3n) is 6.86. The average molecular weight is 483 g/mol. The number of methoxy groups -OCH3 is 3. The normalized spacial score (nSPS) is 25.7. The molecule has 2 aromatic rings. The molecule has 4 unspecified atom stereocenters. The van der Waals surface area contributed by atoms with Crippen molar-refractivity contribution in [2.24, 2.45) is 17.8 Å². The van der Waals surface area contributed by atoms with E-state index in [0.717, 1.165) is 4.90 Å². The zero-order valence-corrected chi connectivity index (χ0v) is 20.4. The van der Waals surface area contributed by atoms with Gasteiger partial charge in [-0.2, -0.15) is 0 Å². The van der Waals surface area contributed by atoms with Gasteiger partial charge >= 0.3 is 5.97 Å². The second kappa shape index (κ2) is 9.22. The molecule has 2 N–H and O–H groups in total. The lowest BCUT2D eigenvalue weighted by molar-refractivity contribution is -0.149. The molecule has 4 atom stereocenters. The van der Waals surface area contributed by atoms with Gasteiger partial charge in [0, 0.05) is 6.04 Å². The monoisotopic (exact) mass is 482 g/mol. The van der Waals surface area contributed by atoms with E-state index in [-0.39, 0.29) is 12.3 Å². The molecular formula is C26H30N2O7. The fraction of sp³-hybridized carbons (Fsp3) is 0.423. The van der Waals surface area contributed by atoms with Gasteiger partial charge in [-0.3, -0.25) is 19.7 Å². The van der Waals surface area contributed by atoms with Crippen molar-refractivity contribution >= 4 is 23.5 Å². The number of ether oxygens (including phenoxy) is 3. The third kappa shape index (κ3) is 3.80. The van der Waals surface area contributed by atoms with Crippen molar-refractivity contribution in [3.05, 3.63) is 48.0 Å². The highest BCUT2D eigenvalue weighted by molar-refractivity contribution is 6.24. The molecule has 9 nitrogen and oxygen atoms in total. The van der Waals surface area contributed by atoms with Gasteiger partial charge < -0.3 is 19.3 Å². The highest BCUT2D eigenvalue weighted by atomic mass is 16.5. The number of nitrogens with one attached hydrogen (secondary N) is 1. The summed E-state index contributed by atoms with van der Waals surface area (Å²) < 4.78 is 16.2. The first kappa shape index (κ1) is 24.5. The van der Waals surface area contributed by atoms with Gasteiger partial charge in [-0.15, -0.1) is 0 Å². The van der Waals surface area contributed by atoms with Gasteiger partial charge in [0.2, 0.25) is 11.8 Å². The molecule has 35 heavy (non-hydrogen) atoms. The Morgan fingerprint density at radius 3 is 2.26 bits per heavy atom. The molecule has 2 aliphatic rings. The SMILES string of the molecule is COc1ccc(C2NC(CC(C)C)(C(=O)O)C3C(=O)N(c4ccccc4OC)C(=O)C23)cc1OC. The van der Waals surface area contributed by atoms with E-state index in [9.17, 15) is 19.5 Å². The number of rotatable bonds is 8. The number of carbonyl (C=O) groups is 3. The highest BCUT2D eigenvalue weighted by Gasteiger charge is 2.68. The number of amides is 2.